The van der Waals surface area contributed by atoms with Crippen LogP contribution in [0.25, 0.3) is 0 Å². The minimum atomic E-state index is -0.872. The maximum atomic E-state index is 11.5. The van der Waals surface area contributed by atoms with Gasteiger partial charge in [-0.25, -0.2) is 4.79 Å². The molecule has 0 amide bonds. The Morgan fingerprint density at radius 2 is 1.77 bits per heavy atom. The van der Waals surface area contributed by atoms with Gasteiger partial charge in [0.05, 0.1) is 25.0 Å². The number of anilines is 1. The van der Waals surface area contributed by atoms with Crippen molar-refractivity contribution >= 4 is 11.7 Å². The third kappa shape index (κ3) is 5.91. The molecule has 0 saturated carbocycles. The molecule has 6 heteroatoms. The Kier molecular flexibility index (Phi) is 7.44. The number of carboxylic acid groups (broad SMARTS) is 1. The van der Waals surface area contributed by atoms with Crippen molar-refractivity contribution in [3.8, 4) is 11.5 Å². The van der Waals surface area contributed by atoms with Crippen LogP contribution >= 0.6 is 0 Å². The van der Waals surface area contributed by atoms with E-state index in [1.165, 1.54) is 0 Å². The highest BCUT2D eigenvalue weighted by molar-refractivity contribution is 5.94. The maximum absolute atomic E-state index is 11.5. The number of rotatable bonds is 8. The summed E-state index contributed by atoms with van der Waals surface area (Å²) in [6.45, 7) is 11.7. The number of methoxy groups -OCH3 is 1. The summed E-state index contributed by atoms with van der Waals surface area (Å²) < 4.78 is 11.5. The molecule has 0 spiro atoms. The van der Waals surface area contributed by atoms with Crippen LogP contribution in [0.1, 0.15) is 43.1 Å². The van der Waals surface area contributed by atoms with Crippen LogP contribution in [0.15, 0.2) is 42.5 Å². The Balaban J connectivity index is 1.48. The number of hydrogen-bond donors (Lipinski definition) is 1. The van der Waals surface area contributed by atoms with Gasteiger partial charge in [-0.15, -0.1) is 0 Å². The van der Waals surface area contributed by atoms with Crippen molar-refractivity contribution in [2.75, 3.05) is 51.3 Å². The molecule has 0 aliphatic carbocycles. The highest BCUT2D eigenvalue weighted by Gasteiger charge is 2.22. The van der Waals surface area contributed by atoms with Gasteiger partial charge in [0.2, 0.25) is 0 Å². The van der Waals surface area contributed by atoms with Crippen LogP contribution in [-0.4, -0.2) is 62.4 Å². The van der Waals surface area contributed by atoms with Gasteiger partial charge in [-0.2, -0.15) is 0 Å². The van der Waals surface area contributed by atoms with Crippen LogP contribution in [-0.2, 0) is 5.41 Å². The van der Waals surface area contributed by atoms with E-state index in [4.69, 9.17) is 9.47 Å². The monoisotopic (exact) mass is 426 g/mol. The predicted octanol–water partition coefficient (Wildman–Crippen LogP) is 4.28. The summed E-state index contributed by atoms with van der Waals surface area (Å²) >= 11 is 0. The zero-order chi connectivity index (χ0) is 22.4. The first-order valence-electron chi connectivity index (χ1n) is 10.9. The van der Waals surface area contributed by atoms with Crippen molar-refractivity contribution < 1.29 is 19.4 Å². The topological polar surface area (TPSA) is 62.2 Å². The maximum Gasteiger partial charge on any atom is 0.337 e. The van der Waals surface area contributed by atoms with Crippen molar-refractivity contribution in [2.45, 2.75) is 32.6 Å². The van der Waals surface area contributed by atoms with Gasteiger partial charge < -0.3 is 19.5 Å². The van der Waals surface area contributed by atoms with Gasteiger partial charge in [0.15, 0.2) is 0 Å². The second kappa shape index (κ2) is 10.1. The summed E-state index contributed by atoms with van der Waals surface area (Å²) in [6, 6.07) is 13.2. The van der Waals surface area contributed by atoms with Gasteiger partial charge in [0, 0.05) is 38.3 Å². The van der Waals surface area contributed by atoms with E-state index in [0.717, 1.165) is 61.9 Å². The molecule has 2 aromatic rings. The Bertz CT molecular complexity index is 883. The lowest BCUT2D eigenvalue weighted by atomic mass is 9.86. The van der Waals surface area contributed by atoms with Gasteiger partial charge in [0.1, 0.15) is 11.5 Å². The molecule has 0 atom stereocenters. The van der Waals surface area contributed by atoms with E-state index in [0.29, 0.717) is 12.2 Å². The summed E-state index contributed by atoms with van der Waals surface area (Å²) in [6.07, 6.45) is 0.946. The zero-order valence-electron chi connectivity index (χ0n) is 19.1. The number of nitrogens with zero attached hydrogens (tertiary/aromatic N) is 2. The average molecular weight is 427 g/mol. The zero-order valence-corrected chi connectivity index (χ0v) is 19.1. The second-order valence-corrected chi connectivity index (χ2v) is 8.97. The van der Waals surface area contributed by atoms with E-state index in [2.05, 4.69) is 36.6 Å². The van der Waals surface area contributed by atoms with Crippen LogP contribution in [0.4, 0.5) is 5.69 Å². The molecule has 0 radical (unpaired) electrons. The predicted molar refractivity (Wildman–Crippen MR) is 124 cm³/mol. The number of benzene rings is 2. The fraction of sp³-hybridized carbons (Fsp3) is 0.480. The lowest BCUT2D eigenvalue weighted by Gasteiger charge is -2.36. The fourth-order valence-corrected chi connectivity index (χ4v) is 3.96. The van der Waals surface area contributed by atoms with Crippen molar-refractivity contribution in [3.05, 3.63) is 53.6 Å². The number of hydrogen-bond acceptors (Lipinski definition) is 5. The van der Waals surface area contributed by atoms with Crippen molar-refractivity contribution in [3.63, 3.8) is 0 Å². The van der Waals surface area contributed by atoms with Gasteiger partial charge in [-0.3, -0.25) is 4.90 Å². The Morgan fingerprint density at radius 1 is 1.06 bits per heavy atom. The van der Waals surface area contributed by atoms with Gasteiger partial charge in [0.25, 0.3) is 0 Å². The van der Waals surface area contributed by atoms with Gasteiger partial charge in [-0.1, -0.05) is 32.9 Å². The van der Waals surface area contributed by atoms with E-state index in [1.54, 1.807) is 19.2 Å². The molecule has 1 heterocycles. The molecule has 168 valence electrons. The van der Waals surface area contributed by atoms with Crippen LogP contribution in [0.2, 0.25) is 0 Å². The van der Waals surface area contributed by atoms with E-state index >= 15 is 0 Å². The Hall–Kier alpha value is -2.73. The third-order valence-electron chi connectivity index (χ3n) is 5.72. The third-order valence-corrected chi connectivity index (χ3v) is 5.72. The molecule has 0 unspecified atom stereocenters. The highest BCUT2D eigenvalue weighted by atomic mass is 16.5. The van der Waals surface area contributed by atoms with Gasteiger partial charge in [-0.05, 0) is 42.2 Å². The van der Waals surface area contributed by atoms with Crippen molar-refractivity contribution in [2.24, 2.45) is 0 Å². The number of carboxylic acids is 1. The summed E-state index contributed by atoms with van der Waals surface area (Å²) in [5, 5.41) is 9.43. The first-order chi connectivity index (χ1) is 14.8. The minimum absolute atomic E-state index is 0.0214. The molecule has 1 aliphatic rings. The average Bonchev–Trinajstić information content (AvgIpc) is 2.76. The van der Waals surface area contributed by atoms with Gasteiger partial charge >= 0.3 is 5.97 Å². The standard InChI is InChI=1S/C25H34N2O4/c1-25(2,3)21-18-19(30-4)10-11-23(21)31-17-7-12-26-13-15-27(16-14-26)22-9-6-5-8-20(22)24(28)29/h5-6,8-11,18H,7,12-17H2,1-4H3,(H,28,29). The van der Waals surface area contributed by atoms with E-state index in [1.807, 2.05) is 24.3 Å². The molecule has 1 fully saturated rings. The van der Waals surface area contributed by atoms with E-state index < -0.39 is 5.97 Å². The molecule has 31 heavy (non-hydrogen) atoms. The molecule has 2 aromatic carbocycles. The number of ether oxygens (including phenoxy) is 2. The van der Waals surface area contributed by atoms with Crippen LogP contribution < -0.4 is 14.4 Å². The first-order valence-corrected chi connectivity index (χ1v) is 10.9. The lowest BCUT2D eigenvalue weighted by Crippen LogP contribution is -2.47. The largest absolute Gasteiger partial charge is 0.497 e. The lowest BCUT2D eigenvalue weighted by molar-refractivity contribution is 0.0697. The molecule has 1 aliphatic heterocycles. The molecule has 0 aromatic heterocycles. The summed E-state index contributed by atoms with van der Waals surface area (Å²) in [4.78, 5) is 16.1. The molecule has 6 nitrogen and oxygen atoms in total. The Morgan fingerprint density at radius 3 is 2.42 bits per heavy atom. The second-order valence-electron chi connectivity index (χ2n) is 8.97. The quantitative estimate of drug-likeness (QED) is 0.636. The van der Waals surface area contributed by atoms with Crippen LogP contribution in [0.3, 0.4) is 0 Å². The van der Waals surface area contributed by atoms with Crippen molar-refractivity contribution in [1.82, 2.24) is 4.90 Å². The first kappa shape index (κ1) is 22.9. The molecular weight excluding hydrogens is 392 g/mol. The fourth-order valence-electron chi connectivity index (χ4n) is 3.96. The Labute approximate surface area is 185 Å². The van der Waals surface area contributed by atoms with Crippen LogP contribution in [0, 0.1) is 0 Å². The number of piperazine rings is 1. The SMILES string of the molecule is COc1ccc(OCCCN2CCN(c3ccccc3C(=O)O)CC2)c(C(C)(C)C)c1. The number of carbonyl (C=O) groups is 1. The number of aromatic carboxylic acids is 1. The molecular formula is C25H34N2O4. The minimum Gasteiger partial charge on any atom is -0.497 e. The molecule has 3 rings (SSSR count). The van der Waals surface area contributed by atoms with Crippen LogP contribution in [0.5, 0.6) is 11.5 Å². The normalized spacial score (nSPS) is 15.0. The number of para-hydroxylation sites is 1. The summed E-state index contributed by atoms with van der Waals surface area (Å²) in [5.74, 6) is 0.895. The summed E-state index contributed by atoms with van der Waals surface area (Å²) in [7, 11) is 1.68. The summed E-state index contributed by atoms with van der Waals surface area (Å²) in [5.41, 5.74) is 2.31. The molecule has 1 N–H and O–H groups in total. The van der Waals surface area contributed by atoms with Crippen molar-refractivity contribution in [1.29, 1.82) is 0 Å². The molecule has 1 saturated heterocycles. The molecule has 0 bridgehead atoms. The van der Waals surface area contributed by atoms with E-state index in [-0.39, 0.29) is 5.41 Å². The highest BCUT2D eigenvalue weighted by Crippen LogP contribution is 2.34. The smallest absolute Gasteiger partial charge is 0.337 e. The van der Waals surface area contributed by atoms with E-state index in [9.17, 15) is 9.90 Å².